The molecule has 0 aliphatic heterocycles. The lowest BCUT2D eigenvalue weighted by Gasteiger charge is -2.13. The van der Waals surface area contributed by atoms with Crippen LogP contribution in [0.2, 0.25) is 10.0 Å². The summed E-state index contributed by atoms with van der Waals surface area (Å²) in [5.74, 6) is 0.528. The first-order chi connectivity index (χ1) is 17.9. The van der Waals surface area contributed by atoms with Crippen molar-refractivity contribution in [3.8, 4) is 11.5 Å². The van der Waals surface area contributed by atoms with Gasteiger partial charge in [0.2, 0.25) is 5.76 Å². The van der Waals surface area contributed by atoms with E-state index in [2.05, 4.69) is 10.5 Å². The summed E-state index contributed by atoms with van der Waals surface area (Å²) in [6.45, 7) is 1.51. The smallest absolute Gasteiger partial charge is 0.379 e. The number of rotatable bonds is 6. The lowest BCUT2D eigenvalue weighted by Crippen LogP contribution is -2.27. The second-order valence-corrected chi connectivity index (χ2v) is 9.38. The van der Waals surface area contributed by atoms with Crippen molar-refractivity contribution in [1.82, 2.24) is 5.43 Å². The Morgan fingerprint density at radius 1 is 1.03 bits per heavy atom. The number of aryl methyl sites for hydroxylation is 1. The average Bonchev–Trinajstić information content (AvgIpc) is 3.24. The minimum atomic E-state index is -0.583. The fourth-order valence-corrected chi connectivity index (χ4v) is 4.77. The number of amides is 1. The van der Waals surface area contributed by atoms with Crippen LogP contribution in [0.15, 0.2) is 70.2 Å². The van der Waals surface area contributed by atoms with Crippen LogP contribution in [0.5, 0.6) is 11.5 Å². The van der Waals surface area contributed by atoms with Crippen molar-refractivity contribution in [3.05, 3.63) is 93.4 Å². The van der Waals surface area contributed by atoms with Gasteiger partial charge in [-0.3, -0.25) is 4.79 Å². The fourth-order valence-electron chi connectivity index (χ4n) is 4.30. The second kappa shape index (κ2) is 10.7. The van der Waals surface area contributed by atoms with Crippen LogP contribution in [0.4, 0.5) is 0 Å². The number of benzene rings is 3. The number of carbonyl (C=O) groups excluding carboxylic acids is 2. The van der Waals surface area contributed by atoms with Crippen molar-refractivity contribution >= 4 is 51.6 Å². The number of halogens is 2. The van der Waals surface area contributed by atoms with Gasteiger partial charge in [-0.2, -0.15) is 5.10 Å². The van der Waals surface area contributed by atoms with Crippen LogP contribution < -0.4 is 14.9 Å². The number of hydrogen-bond acceptors (Lipinski definition) is 6. The molecule has 1 aliphatic rings. The molecule has 0 unspecified atom stereocenters. The number of fused-ring (bicyclic) bond motifs is 2. The second-order valence-electron chi connectivity index (χ2n) is 8.53. The molecule has 4 aromatic rings. The van der Waals surface area contributed by atoms with Crippen LogP contribution in [0.3, 0.4) is 0 Å². The minimum Gasteiger partial charge on any atom is -0.482 e. The molecule has 1 aliphatic carbocycles. The SMILES string of the molecule is Cc1c(C(=O)Oc2cccc3ccccc23)oc2c1/C(=N/NC(=O)COc1ccc(Cl)cc1Cl)CCC2. The van der Waals surface area contributed by atoms with Gasteiger partial charge in [-0.15, -0.1) is 0 Å². The Kier molecular flexibility index (Phi) is 7.17. The van der Waals surface area contributed by atoms with E-state index in [1.54, 1.807) is 25.1 Å². The van der Waals surface area contributed by atoms with Gasteiger partial charge in [0, 0.05) is 28.0 Å². The molecule has 5 rings (SSSR count). The van der Waals surface area contributed by atoms with Crippen LogP contribution in [-0.2, 0) is 11.2 Å². The number of furan rings is 1. The molecule has 7 nitrogen and oxygen atoms in total. The van der Waals surface area contributed by atoms with Gasteiger partial charge >= 0.3 is 5.97 Å². The Bertz CT molecular complexity index is 1540. The number of nitrogens with one attached hydrogen (secondary N) is 1. The van der Waals surface area contributed by atoms with Gasteiger partial charge in [-0.05, 0) is 49.4 Å². The predicted molar refractivity (Wildman–Crippen MR) is 142 cm³/mol. The molecule has 0 spiro atoms. The lowest BCUT2D eigenvalue weighted by molar-refractivity contribution is -0.123. The number of hydrogen-bond donors (Lipinski definition) is 1. The summed E-state index contributed by atoms with van der Waals surface area (Å²) in [5, 5.41) is 6.88. The Morgan fingerprint density at radius 2 is 1.84 bits per heavy atom. The normalized spacial score (nSPS) is 13.9. The zero-order valence-corrected chi connectivity index (χ0v) is 21.4. The van der Waals surface area contributed by atoms with Gasteiger partial charge in [0.1, 0.15) is 17.3 Å². The van der Waals surface area contributed by atoms with Gasteiger partial charge in [-0.25, -0.2) is 10.2 Å². The standard InChI is InChI=1S/C28H22Cl2N2O5/c1-16-26-21(31-32-25(33)15-35-23-13-12-18(29)14-20(23)30)9-5-11-24(26)36-27(16)28(34)37-22-10-4-7-17-6-2-3-8-19(17)22/h2-4,6-8,10,12-14H,5,9,11,15H2,1H3,(H,32,33)/b31-21+. The average molecular weight is 537 g/mol. The molecule has 0 bridgehead atoms. The number of hydrazone groups is 1. The lowest BCUT2D eigenvalue weighted by atomic mass is 9.93. The molecule has 188 valence electrons. The number of nitrogens with zero attached hydrogens (tertiary/aromatic N) is 1. The molecule has 9 heteroatoms. The third-order valence-electron chi connectivity index (χ3n) is 6.03. The van der Waals surface area contributed by atoms with Crippen molar-refractivity contribution < 1.29 is 23.5 Å². The molecule has 3 aromatic carbocycles. The van der Waals surface area contributed by atoms with Crippen molar-refractivity contribution in [2.24, 2.45) is 5.10 Å². The molecule has 0 radical (unpaired) electrons. The van der Waals surface area contributed by atoms with E-state index in [0.717, 1.165) is 22.8 Å². The van der Waals surface area contributed by atoms with Crippen LogP contribution in [0.1, 0.15) is 40.3 Å². The zero-order valence-electron chi connectivity index (χ0n) is 19.8. The zero-order chi connectivity index (χ0) is 25.9. The van der Waals surface area contributed by atoms with E-state index in [-0.39, 0.29) is 12.4 Å². The number of carbonyl (C=O) groups is 2. The Balaban J connectivity index is 1.31. The van der Waals surface area contributed by atoms with Crippen molar-refractivity contribution in [1.29, 1.82) is 0 Å². The van der Waals surface area contributed by atoms with Crippen LogP contribution >= 0.6 is 23.2 Å². The van der Waals surface area contributed by atoms with Crippen molar-refractivity contribution in [2.45, 2.75) is 26.2 Å². The van der Waals surface area contributed by atoms with E-state index in [1.807, 2.05) is 36.4 Å². The first-order valence-corrected chi connectivity index (χ1v) is 12.4. The maximum absolute atomic E-state index is 13.1. The van der Waals surface area contributed by atoms with Crippen LogP contribution in [0.25, 0.3) is 10.8 Å². The van der Waals surface area contributed by atoms with Gasteiger partial charge in [0.15, 0.2) is 6.61 Å². The van der Waals surface area contributed by atoms with E-state index >= 15 is 0 Å². The van der Waals surface area contributed by atoms with Gasteiger partial charge in [-0.1, -0.05) is 59.6 Å². The molecule has 0 saturated carbocycles. The topological polar surface area (TPSA) is 90.1 Å². The first kappa shape index (κ1) is 24.9. The van der Waals surface area contributed by atoms with E-state index in [9.17, 15) is 9.59 Å². The summed E-state index contributed by atoms with van der Waals surface area (Å²) in [4.78, 5) is 25.4. The van der Waals surface area contributed by atoms with Crippen molar-refractivity contribution in [2.75, 3.05) is 6.61 Å². The quantitative estimate of drug-likeness (QED) is 0.172. The first-order valence-electron chi connectivity index (χ1n) is 11.7. The summed E-state index contributed by atoms with van der Waals surface area (Å²) < 4.78 is 17.1. The predicted octanol–water partition coefficient (Wildman–Crippen LogP) is 6.50. The summed E-state index contributed by atoms with van der Waals surface area (Å²) in [6.07, 6.45) is 2.04. The van der Waals surface area contributed by atoms with Crippen LogP contribution in [0, 0.1) is 6.92 Å². The largest absolute Gasteiger partial charge is 0.482 e. The maximum atomic E-state index is 13.1. The van der Waals surface area contributed by atoms with Crippen LogP contribution in [-0.4, -0.2) is 24.2 Å². The fraction of sp³-hybridized carbons (Fsp3) is 0.179. The molecule has 1 heterocycles. The highest BCUT2D eigenvalue weighted by molar-refractivity contribution is 6.35. The summed E-state index contributed by atoms with van der Waals surface area (Å²) in [7, 11) is 0. The number of esters is 1. The van der Waals surface area contributed by atoms with Gasteiger partial charge in [0.25, 0.3) is 5.91 Å². The highest BCUT2D eigenvalue weighted by Crippen LogP contribution is 2.32. The molecule has 1 aromatic heterocycles. The molecular weight excluding hydrogens is 515 g/mol. The summed E-state index contributed by atoms with van der Waals surface area (Å²) in [6, 6.07) is 18.0. The molecule has 37 heavy (non-hydrogen) atoms. The molecule has 1 amide bonds. The van der Waals surface area contributed by atoms with E-state index in [1.165, 1.54) is 6.07 Å². The molecule has 0 atom stereocenters. The number of ether oxygens (including phenoxy) is 2. The molecule has 1 N–H and O–H groups in total. The Morgan fingerprint density at radius 3 is 2.68 bits per heavy atom. The third-order valence-corrected chi connectivity index (χ3v) is 6.56. The Labute approximate surface area is 223 Å². The summed E-state index contributed by atoms with van der Waals surface area (Å²) in [5.41, 5.74) is 4.49. The highest BCUT2D eigenvalue weighted by atomic mass is 35.5. The van der Waals surface area contributed by atoms with E-state index in [0.29, 0.717) is 51.4 Å². The van der Waals surface area contributed by atoms with Gasteiger partial charge < -0.3 is 13.9 Å². The summed E-state index contributed by atoms with van der Waals surface area (Å²) >= 11 is 12.0. The van der Waals surface area contributed by atoms with Crippen molar-refractivity contribution in [3.63, 3.8) is 0 Å². The van der Waals surface area contributed by atoms with E-state index < -0.39 is 11.9 Å². The molecular formula is C28H22Cl2N2O5. The molecule has 0 fully saturated rings. The highest BCUT2D eigenvalue weighted by Gasteiger charge is 2.29. The molecule has 0 saturated heterocycles. The minimum absolute atomic E-state index is 0.125. The van der Waals surface area contributed by atoms with E-state index in [4.69, 9.17) is 37.1 Å². The Hall–Kier alpha value is -3.81. The third kappa shape index (κ3) is 5.33. The monoisotopic (exact) mass is 536 g/mol. The van der Waals surface area contributed by atoms with Gasteiger partial charge in [0.05, 0.1) is 10.7 Å². The maximum Gasteiger partial charge on any atom is 0.379 e.